The lowest BCUT2D eigenvalue weighted by atomic mass is 10.2. The zero-order valence-corrected chi connectivity index (χ0v) is 11.9. The summed E-state index contributed by atoms with van der Waals surface area (Å²) >= 11 is 0. The Hall–Kier alpha value is -1.49. The van der Waals surface area contributed by atoms with E-state index in [2.05, 4.69) is 30.7 Å². The van der Waals surface area contributed by atoms with Crippen LogP contribution < -0.4 is 15.4 Å². The smallest absolute Gasteiger partial charge is 0.239 e. The molecule has 19 heavy (non-hydrogen) atoms. The lowest BCUT2D eigenvalue weighted by molar-refractivity contribution is 0.0984. The van der Waals surface area contributed by atoms with E-state index in [4.69, 9.17) is 15.2 Å². The number of nitrogen functional groups attached to an aromatic ring is 1. The van der Waals surface area contributed by atoms with Crippen molar-refractivity contribution in [2.24, 2.45) is 5.92 Å². The molecule has 1 fully saturated rings. The summed E-state index contributed by atoms with van der Waals surface area (Å²) in [6.07, 6.45) is 0. The van der Waals surface area contributed by atoms with Crippen LogP contribution >= 0.6 is 0 Å². The Kier molecular flexibility index (Phi) is 4.47. The van der Waals surface area contributed by atoms with Gasteiger partial charge in [0.2, 0.25) is 5.88 Å². The number of hydrogen-bond acceptors (Lipinski definition) is 5. The molecule has 2 heterocycles. The number of pyridine rings is 1. The molecule has 0 radical (unpaired) electrons. The maximum absolute atomic E-state index is 5.91. The van der Waals surface area contributed by atoms with Crippen molar-refractivity contribution in [3.63, 3.8) is 0 Å². The molecule has 1 aliphatic heterocycles. The summed E-state index contributed by atoms with van der Waals surface area (Å²) in [5.41, 5.74) is 6.50. The quantitative estimate of drug-likeness (QED) is 0.901. The van der Waals surface area contributed by atoms with Gasteiger partial charge in [0.15, 0.2) is 0 Å². The second-order valence-electron chi connectivity index (χ2n) is 5.39. The average Bonchev–Trinajstić information content (AvgIpc) is 2.38. The van der Waals surface area contributed by atoms with E-state index in [0.717, 1.165) is 25.6 Å². The molecule has 1 atom stereocenters. The van der Waals surface area contributed by atoms with Crippen LogP contribution in [0.4, 0.5) is 11.5 Å². The Balaban J connectivity index is 2.15. The van der Waals surface area contributed by atoms with Gasteiger partial charge in [-0.05, 0) is 25.0 Å². The van der Waals surface area contributed by atoms with Crippen molar-refractivity contribution in [1.82, 2.24) is 4.98 Å². The van der Waals surface area contributed by atoms with Crippen molar-refractivity contribution in [2.45, 2.75) is 26.8 Å². The van der Waals surface area contributed by atoms with E-state index in [1.807, 2.05) is 12.1 Å². The number of ether oxygens (including phenoxy) is 2. The first-order chi connectivity index (χ1) is 9.08. The Bertz CT molecular complexity index is 423. The van der Waals surface area contributed by atoms with Crippen LogP contribution in [0.25, 0.3) is 0 Å². The largest absolute Gasteiger partial charge is 0.476 e. The molecule has 1 saturated heterocycles. The third-order valence-electron chi connectivity index (χ3n) is 3.09. The summed E-state index contributed by atoms with van der Waals surface area (Å²) < 4.78 is 11.1. The van der Waals surface area contributed by atoms with Crippen LogP contribution in [0.2, 0.25) is 0 Å². The Morgan fingerprint density at radius 1 is 1.53 bits per heavy atom. The molecule has 5 heteroatoms. The van der Waals surface area contributed by atoms with E-state index in [9.17, 15) is 0 Å². The van der Waals surface area contributed by atoms with Crippen molar-refractivity contribution >= 4 is 11.5 Å². The van der Waals surface area contributed by atoms with Crippen molar-refractivity contribution in [2.75, 3.05) is 37.0 Å². The molecule has 1 unspecified atom stereocenters. The van der Waals surface area contributed by atoms with E-state index in [-0.39, 0.29) is 0 Å². The van der Waals surface area contributed by atoms with Crippen LogP contribution in [0.1, 0.15) is 20.8 Å². The minimum atomic E-state index is 0.322. The second-order valence-corrected chi connectivity index (χ2v) is 5.39. The molecule has 106 valence electrons. The molecule has 5 nitrogen and oxygen atoms in total. The second kappa shape index (κ2) is 6.10. The average molecular weight is 265 g/mol. The number of rotatable bonds is 4. The van der Waals surface area contributed by atoms with Gasteiger partial charge in [-0.2, -0.15) is 4.98 Å². The third kappa shape index (κ3) is 3.50. The van der Waals surface area contributed by atoms with Crippen LogP contribution in [0, 0.1) is 5.92 Å². The van der Waals surface area contributed by atoms with Crippen molar-refractivity contribution in [3.05, 3.63) is 12.1 Å². The highest BCUT2D eigenvalue weighted by Gasteiger charge is 2.21. The first-order valence-electron chi connectivity index (χ1n) is 6.81. The fourth-order valence-electron chi connectivity index (χ4n) is 2.03. The van der Waals surface area contributed by atoms with Gasteiger partial charge >= 0.3 is 0 Å². The standard InChI is InChI=1S/C14H23N3O2/c1-10(2)8-19-14-12(15)4-5-13(16-14)17-6-7-18-9-11(17)3/h4-5,10-11H,6-9,15H2,1-3H3. The van der Waals surface area contributed by atoms with Gasteiger partial charge < -0.3 is 20.1 Å². The van der Waals surface area contributed by atoms with Gasteiger partial charge in [0.05, 0.1) is 31.5 Å². The van der Waals surface area contributed by atoms with Gasteiger partial charge in [-0.1, -0.05) is 13.8 Å². The summed E-state index contributed by atoms with van der Waals surface area (Å²) in [6.45, 7) is 9.27. The number of nitrogens with zero attached hydrogens (tertiary/aromatic N) is 2. The number of anilines is 2. The van der Waals surface area contributed by atoms with E-state index in [0.29, 0.717) is 30.1 Å². The van der Waals surface area contributed by atoms with Crippen molar-refractivity contribution in [3.8, 4) is 5.88 Å². The topological polar surface area (TPSA) is 60.6 Å². The minimum Gasteiger partial charge on any atom is -0.476 e. The summed E-state index contributed by atoms with van der Waals surface area (Å²) in [5, 5.41) is 0. The number of aromatic nitrogens is 1. The highest BCUT2D eigenvalue weighted by Crippen LogP contribution is 2.25. The highest BCUT2D eigenvalue weighted by atomic mass is 16.5. The maximum Gasteiger partial charge on any atom is 0.239 e. The van der Waals surface area contributed by atoms with Gasteiger partial charge in [0.1, 0.15) is 5.82 Å². The lowest BCUT2D eigenvalue weighted by Crippen LogP contribution is -2.44. The molecule has 0 aliphatic carbocycles. The zero-order valence-electron chi connectivity index (χ0n) is 11.9. The van der Waals surface area contributed by atoms with E-state index in [1.165, 1.54) is 0 Å². The van der Waals surface area contributed by atoms with Gasteiger partial charge in [0, 0.05) is 6.54 Å². The Labute approximate surface area is 114 Å². The summed E-state index contributed by atoms with van der Waals surface area (Å²) in [6, 6.07) is 4.13. The van der Waals surface area contributed by atoms with Gasteiger partial charge in [-0.25, -0.2) is 0 Å². The van der Waals surface area contributed by atoms with Gasteiger partial charge in [-0.15, -0.1) is 0 Å². The number of nitrogens with two attached hydrogens (primary N) is 1. The molecule has 0 bridgehead atoms. The Morgan fingerprint density at radius 3 is 3.00 bits per heavy atom. The summed E-state index contributed by atoms with van der Waals surface area (Å²) in [7, 11) is 0. The molecule has 0 saturated carbocycles. The normalized spacial score (nSPS) is 19.8. The van der Waals surface area contributed by atoms with E-state index in [1.54, 1.807) is 0 Å². The minimum absolute atomic E-state index is 0.322. The van der Waals surface area contributed by atoms with E-state index >= 15 is 0 Å². The van der Waals surface area contributed by atoms with Gasteiger partial charge in [0.25, 0.3) is 0 Å². The molecular formula is C14H23N3O2. The number of hydrogen-bond donors (Lipinski definition) is 1. The molecule has 1 aromatic rings. The predicted molar refractivity (Wildman–Crippen MR) is 76.6 cm³/mol. The fourth-order valence-corrected chi connectivity index (χ4v) is 2.03. The first-order valence-corrected chi connectivity index (χ1v) is 6.81. The molecular weight excluding hydrogens is 242 g/mol. The van der Waals surface area contributed by atoms with Crippen molar-refractivity contribution in [1.29, 1.82) is 0 Å². The lowest BCUT2D eigenvalue weighted by Gasteiger charge is -2.34. The molecule has 0 aromatic carbocycles. The van der Waals surface area contributed by atoms with Crippen molar-refractivity contribution < 1.29 is 9.47 Å². The van der Waals surface area contributed by atoms with Crippen LogP contribution in [-0.4, -0.2) is 37.4 Å². The molecule has 1 aromatic heterocycles. The van der Waals surface area contributed by atoms with Gasteiger partial charge in [-0.3, -0.25) is 0 Å². The molecule has 0 spiro atoms. The van der Waals surface area contributed by atoms with Crippen LogP contribution in [0.5, 0.6) is 5.88 Å². The molecule has 2 rings (SSSR count). The third-order valence-corrected chi connectivity index (χ3v) is 3.09. The Morgan fingerprint density at radius 2 is 2.32 bits per heavy atom. The van der Waals surface area contributed by atoms with E-state index < -0.39 is 0 Å². The molecule has 1 aliphatic rings. The summed E-state index contributed by atoms with van der Waals surface area (Å²) in [4.78, 5) is 6.77. The first kappa shape index (κ1) is 13.9. The summed E-state index contributed by atoms with van der Waals surface area (Å²) in [5.74, 6) is 1.89. The molecule has 0 amide bonds. The maximum atomic E-state index is 5.91. The van der Waals surface area contributed by atoms with Crippen LogP contribution in [-0.2, 0) is 4.74 Å². The fraction of sp³-hybridized carbons (Fsp3) is 0.643. The highest BCUT2D eigenvalue weighted by molar-refractivity contribution is 5.55. The van der Waals surface area contributed by atoms with Crippen LogP contribution in [0.3, 0.4) is 0 Å². The SMILES string of the molecule is CC(C)COc1nc(N2CCOCC2C)ccc1N. The molecule has 2 N–H and O–H groups in total. The van der Waals surface area contributed by atoms with Crippen LogP contribution in [0.15, 0.2) is 12.1 Å². The number of morpholine rings is 1. The zero-order chi connectivity index (χ0) is 13.8. The predicted octanol–water partition coefficient (Wildman–Crippen LogP) is 1.92. The monoisotopic (exact) mass is 265 g/mol.